The van der Waals surface area contributed by atoms with Gasteiger partial charge >= 0.3 is 0 Å². The van der Waals surface area contributed by atoms with Crippen LogP contribution in [0, 0.1) is 0 Å². The van der Waals surface area contributed by atoms with Crippen LogP contribution < -0.4 is 5.32 Å². The van der Waals surface area contributed by atoms with Crippen molar-refractivity contribution in [1.29, 1.82) is 0 Å². The Labute approximate surface area is 126 Å². The molecule has 0 amide bonds. The standard InChI is InChI=1S/C14H24N2O2S2/c1-12(14-7-5-10-19-14)16(2)20(17,18)11-8-13-6-3-4-9-15-13/h5,7,10,12-13,15H,3-4,6,8-9,11H2,1-2H3. The van der Waals surface area contributed by atoms with Crippen LogP contribution in [-0.4, -0.2) is 38.1 Å². The third kappa shape index (κ3) is 4.04. The van der Waals surface area contributed by atoms with Crippen molar-refractivity contribution in [1.82, 2.24) is 9.62 Å². The molecule has 1 aliphatic rings. The van der Waals surface area contributed by atoms with Gasteiger partial charge in [0.1, 0.15) is 0 Å². The molecule has 20 heavy (non-hydrogen) atoms. The van der Waals surface area contributed by atoms with E-state index in [-0.39, 0.29) is 11.8 Å². The van der Waals surface area contributed by atoms with Crippen LogP contribution in [0.2, 0.25) is 0 Å². The van der Waals surface area contributed by atoms with Crippen molar-refractivity contribution in [2.24, 2.45) is 0 Å². The Kier molecular flexibility index (Phi) is 5.60. The highest BCUT2D eigenvalue weighted by molar-refractivity contribution is 7.89. The van der Waals surface area contributed by atoms with Crippen molar-refractivity contribution >= 4 is 21.4 Å². The molecule has 4 nitrogen and oxygen atoms in total. The van der Waals surface area contributed by atoms with E-state index in [0.29, 0.717) is 12.5 Å². The lowest BCUT2D eigenvalue weighted by Gasteiger charge is -2.26. The molecule has 6 heteroatoms. The lowest BCUT2D eigenvalue weighted by atomic mass is 10.0. The second kappa shape index (κ2) is 7.02. The van der Waals surface area contributed by atoms with E-state index >= 15 is 0 Å². The molecule has 2 rings (SSSR count). The van der Waals surface area contributed by atoms with E-state index < -0.39 is 10.0 Å². The molecular weight excluding hydrogens is 292 g/mol. The minimum atomic E-state index is -3.18. The molecule has 0 aliphatic carbocycles. The van der Waals surface area contributed by atoms with Crippen molar-refractivity contribution in [3.63, 3.8) is 0 Å². The first kappa shape index (κ1) is 15.9. The van der Waals surface area contributed by atoms with E-state index in [9.17, 15) is 8.42 Å². The average Bonchev–Trinajstić information content (AvgIpc) is 2.99. The van der Waals surface area contributed by atoms with E-state index in [0.717, 1.165) is 17.8 Å². The number of rotatable bonds is 6. The van der Waals surface area contributed by atoms with Gasteiger partial charge in [0, 0.05) is 18.0 Å². The molecule has 1 saturated heterocycles. The third-order valence-electron chi connectivity index (χ3n) is 4.08. The predicted molar refractivity (Wildman–Crippen MR) is 84.5 cm³/mol. The summed E-state index contributed by atoms with van der Waals surface area (Å²) in [6.45, 7) is 2.97. The number of hydrogen-bond donors (Lipinski definition) is 1. The highest BCUT2D eigenvalue weighted by Gasteiger charge is 2.26. The first-order valence-corrected chi connectivity index (χ1v) is 9.72. The van der Waals surface area contributed by atoms with Gasteiger partial charge in [-0.05, 0) is 44.2 Å². The van der Waals surface area contributed by atoms with Gasteiger partial charge < -0.3 is 5.32 Å². The molecule has 2 atom stereocenters. The second-order valence-electron chi connectivity index (χ2n) is 5.46. The largest absolute Gasteiger partial charge is 0.314 e. The molecule has 114 valence electrons. The number of piperidine rings is 1. The maximum Gasteiger partial charge on any atom is 0.214 e. The normalized spacial score (nSPS) is 22.1. The van der Waals surface area contributed by atoms with Crippen LogP contribution >= 0.6 is 11.3 Å². The number of hydrogen-bond acceptors (Lipinski definition) is 4. The van der Waals surface area contributed by atoms with Gasteiger partial charge in [0.25, 0.3) is 0 Å². The van der Waals surface area contributed by atoms with E-state index in [2.05, 4.69) is 5.32 Å². The van der Waals surface area contributed by atoms with E-state index in [1.807, 2.05) is 24.4 Å². The fourth-order valence-corrected chi connectivity index (χ4v) is 4.91. The van der Waals surface area contributed by atoms with Crippen LogP contribution in [0.1, 0.15) is 43.5 Å². The molecule has 2 unspecified atom stereocenters. The summed E-state index contributed by atoms with van der Waals surface area (Å²) in [6.07, 6.45) is 4.22. The van der Waals surface area contributed by atoms with Gasteiger partial charge in [-0.3, -0.25) is 0 Å². The van der Waals surface area contributed by atoms with Crippen molar-refractivity contribution < 1.29 is 8.42 Å². The minimum Gasteiger partial charge on any atom is -0.314 e. The van der Waals surface area contributed by atoms with E-state index in [1.54, 1.807) is 18.4 Å². The second-order valence-corrected chi connectivity index (χ2v) is 8.59. The Balaban J connectivity index is 1.91. The van der Waals surface area contributed by atoms with Crippen LogP contribution in [0.3, 0.4) is 0 Å². The Bertz CT molecular complexity index is 493. The maximum atomic E-state index is 12.4. The van der Waals surface area contributed by atoms with Crippen LogP contribution in [0.25, 0.3) is 0 Å². The SMILES string of the molecule is CC(c1cccs1)N(C)S(=O)(=O)CCC1CCCCN1. The van der Waals surface area contributed by atoms with Crippen LogP contribution in [-0.2, 0) is 10.0 Å². The van der Waals surface area contributed by atoms with Gasteiger partial charge in [-0.25, -0.2) is 8.42 Å². The van der Waals surface area contributed by atoms with Gasteiger partial charge in [0.05, 0.1) is 11.8 Å². The molecule has 0 aromatic carbocycles. The summed E-state index contributed by atoms with van der Waals surface area (Å²) >= 11 is 1.60. The van der Waals surface area contributed by atoms with Gasteiger partial charge in [-0.2, -0.15) is 4.31 Å². The minimum absolute atomic E-state index is 0.0840. The zero-order chi connectivity index (χ0) is 14.6. The fourth-order valence-electron chi connectivity index (χ4n) is 2.55. The topological polar surface area (TPSA) is 49.4 Å². The van der Waals surface area contributed by atoms with Crippen molar-refractivity contribution in [3.05, 3.63) is 22.4 Å². The number of nitrogens with zero attached hydrogens (tertiary/aromatic N) is 1. The van der Waals surface area contributed by atoms with Crippen molar-refractivity contribution in [2.45, 2.75) is 44.7 Å². The summed E-state index contributed by atoms with van der Waals surface area (Å²) in [5.41, 5.74) is 0. The fraction of sp³-hybridized carbons (Fsp3) is 0.714. The quantitative estimate of drug-likeness (QED) is 0.877. The average molecular weight is 316 g/mol. The van der Waals surface area contributed by atoms with Crippen LogP contribution in [0.4, 0.5) is 0 Å². The summed E-state index contributed by atoms with van der Waals surface area (Å²) in [7, 11) is -1.50. The number of thiophene rings is 1. The molecule has 1 fully saturated rings. The summed E-state index contributed by atoms with van der Waals surface area (Å²) in [5.74, 6) is 0.233. The molecule has 2 heterocycles. The maximum absolute atomic E-state index is 12.4. The van der Waals surface area contributed by atoms with Crippen molar-refractivity contribution in [3.8, 4) is 0 Å². The Morgan fingerprint density at radius 2 is 2.30 bits per heavy atom. The zero-order valence-corrected chi connectivity index (χ0v) is 13.8. The predicted octanol–water partition coefficient (Wildman–Crippen LogP) is 2.60. The highest BCUT2D eigenvalue weighted by atomic mass is 32.2. The first-order chi connectivity index (χ1) is 9.50. The first-order valence-electron chi connectivity index (χ1n) is 7.23. The molecule has 1 aromatic rings. The Morgan fingerprint density at radius 3 is 2.90 bits per heavy atom. The van der Waals surface area contributed by atoms with Gasteiger partial charge in [0.2, 0.25) is 10.0 Å². The molecule has 0 radical (unpaired) electrons. The summed E-state index contributed by atoms with van der Waals surface area (Å²) in [6, 6.07) is 4.23. The third-order valence-corrected chi connectivity index (χ3v) is 7.06. The lowest BCUT2D eigenvalue weighted by Crippen LogP contribution is -2.38. The van der Waals surface area contributed by atoms with Crippen molar-refractivity contribution in [2.75, 3.05) is 19.3 Å². The van der Waals surface area contributed by atoms with Crippen LogP contribution in [0.15, 0.2) is 17.5 Å². The monoisotopic (exact) mass is 316 g/mol. The summed E-state index contributed by atoms with van der Waals surface area (Å²) in [4.78, 5) is 1.09. The number of sulfonamides is 1. The molecule has 0 spiro atoms. The number of nitrogens with one attached hydrogen (secondary N) is 1. The summed E-state index contributed by atoms with van der Waals surface area (Å²) in [5, 5.41) is 5.39. The molecule has 1 N–H and O–H groups in total. The Hall–Kier alpha value is -0.430. The van der Waals surface area contributed by atoms with E-state index in [4.69, 9.17) is 0 Å². The van der Waals surface area contributed by atoms with Gasteiger partial charge in [-0.1, -0.05) is 12.5 Å². The smallest absolute Gasteiger partial charge is 0.214 e. The zero-order valence-electron chi connectivity index (χ0n) is 12.2. The molecular formula is C14H24N2O2S2. The Morgan fingerprint density at radius 1 is 1.50 bits per heavy atom. The molecule has 1 aromatic heterocycles. The molecule has 0 bridgehead atoms. The van der Waals surface area contributed by atoms with Gasteiger partial charge in [-0.15, -0.1) is 11.3 Å². The van der Waals surface area contributed by atoms with E-state index in [1.165, 1.54) is 17.1 Å². The molecule has 1 aliphatic heterocycles. The molecule has 0 saturated carbocycles. The van der Waals surface area contributed by atoms with Gasteiger partial charge in [0.15, 0.2) is 0 Å². The highest BCUT2D eigenvalue weighted by Crippen LogP contribution is 2.26. The van der Waals surface area contributed by atoms with Crippen LogP contribution in [0.5, 0.6) is 0 Å². The lowest BCUT2D eigenvalue weighted by molar-refractivity contribution is 0.378. The summed E-state index contributed by atoms with van der Waals surface area (Å²) < 4.78 is 26.3.